The van der Waals surface area contributed by atoms with E-state index in [0.717, 1.165) is 23.9 Å². The van der Waals surface area contributed by atoms with Gasteiger partial charge in [0.25, 0.3) is 0 Å². The summed E-state index contributed by atoms with van der Waals surface area (Å²) in [7, 11) is 1.94. The Morgan fingerprint density at radius 1 is 0.917 bits per heavy atom. The SMILES string of the molecule is CNc1ccc(-c2ccc(OC3CN4CCC3CC4)cc2)cc1.Cl. The van der Waals surface area contributed by atoms with Gasteiger partial charge in [-0.2, -0.15) is 0 Å². The molecule has 5 rings (SSSR count). The van der Waals surface area contributed by atoms with Crippen LogP contribution in [0.5, 0.6) is 5.75 Å². The maximum atomic E-state index is 6.26. The molecule has 0 amide bonds. The maximum Gasteiger partial charge on any atom is 0.119 e. The molecular weight excluding hydrogens is 320 g/mol. The second-order valence-electron chi connectivity index (χ2n) is 6.65. The molecule has 1 N–H and O–H groups in total. The highest BCUT2D eigenvalue weighted by Crippen LogP contribution is 2.31. The van der Waals surface area contributed by atoms with Crippen LogP contribution in [0.3, 0.4) is 0 Å². The van der Waals surface area contributed by atoms with Crippen molar-refractivity contribution in [2.24, 2.45) is 5.92 Å². The van der Waals surface area contributed by atoms with Crippen molar-refractivity contribution in [3.8, 4) is 16.9 Å². The number of fused-ring (bicyclic) bond motifs is 3. The Morgan fingerprint density at radius 3 is 2.00 bits per heavy atom. The first-order valence-corrected chi connectivity index (χ1v) is 8.59. The van der Waals surface area contributed by atoms with E-state index in [4.69, 9.17) is 4.74 Å². The van der Waals surface area contributed by atoms with Gasteiger partial charge in [-0.25, -0.2) is 0 Å². The fourth-order valence-electron chi connectivity index (χ4n) is 3.77. The van der Waals surface area contributed by atoms with Gasteiger partial charge < -0.3 is 10.1 Å². The highest BCUT2D eigenvalue weighted by Gasteiger charge is 2.35. The zero-order valence-corrected chi connectivity index (χ0v) is 14.9. The molecule has 4 heteroatoms. The molecule has 3 heterocycles. The summed E-state index contributed by atoms with van der Waals surface area (Å²) >= 11 is 0. The summed E-state index contributed by atoms with van der Waals surface area (Å²) in [4.78, 5) is 2.53. The Bertz CT molecular complexity index is 648. The Hall–Kier alpha value is -1.71. The van der Waals surface area contributed by atoms with Crippen molar-refractivity contribution >= 4 is 18.1 Å². The van der Waals surface area contributed by atoms with E-state index in [2.05, 4.69) is 58.7 Å². The van der Waals surface area contributed by atoms with Crippen LogP contribution in [0.4, 0.5) is 5.69 Å². The molecule has 24 heavy (non-hydrogen) atoms. The summed E-state index contributed by atoms with van der Waals surface area (Å²) in [6, 6.07) is 17.0. The minimum absolute atomic E-state index is 0. The van der Waals surface area contributed by atoms with Crippen LogP contribution < -0.4 is 10.1 Å². The number of piperidine rings is 3. The molecule has 0 aliphatic carbocycles. The van der Waals surface area contributed by atoms with Crippen molar-refractivity contribution in [2.75, 3.05) is 32.0 Å². The van der Waals surface area contributed by atoms with Gasteiger partial charge in [0.05, 0.1) is 0 Å². The largest absolute Gasteiger partial charge is 0.489 e. The lowest BCUT2D eigenvalue weighted by Gasteiger charge is -2.44. The standard InChI is InChI=1S/C20H24N2O.ClH/c1-21-18-6-2-15(3-7-18)16-4-8-19(9-5-16)23-20-14-22-12-10-17(20)11-13-22;/h2-9,17,20-21H,10-14H2,1H3;1H. The fraction of sp³-hybridized carbons (Fsp3) is 0.400. The molecule has 3 nitrogen and oxygen atoms in total. The van der Waals surface area contributed by atoms with Crippen LogP contribution in [0.1, 0.15) is 12.8 Å². The number of hydrogen-bond donors (Lipinski definition) is 1. The minimum Gasteiger partial charge on any atom is -0.489 e. The highest BCUT2D eigenvalue weighted by atomic mass is 35.5. The third-order valence-corrected chi connectivity index (χ3v) is 5.24. The second kappa shape index (κ2) is 7.45. The van der Waals surface area contributed by atoms with Crippen molar-refractivity contribution in [1.29, 1.82) is 0 Å². The van der Waals surface area contributed by atoms with Gasteiger partial charge in [0.1, 0.15) is 11.9 Å². The van der Waals surface area contributed by atoms with Gasteiger partial charge in [0.2, 0.25) is 0 Å². The van der Waals surface area contributed by atoms with Gasteiger partial charge in [-0.05, 0) is 67.2 Å². The molecule has 1 atom stereocenters. The Balaban J connectivity index is 0.00000169. The number of anilines is 1. The number of rotatable bonds is 4. The lowest BCUT2D eigenvalue weighted by atomic mass is 9.86. The van der Waals surface area contributed by atoms with Gasteiger partial charge in [-0.1, -0.05) is 24.3 Å². The average molecular weight is 345 g/mol. The highest BCUT2D eigenvalue weighted by molar-refractivity contribution is 5.85. The van der Waals surface area contributed by atoms with Gasteiger partial charge in [-0.15, -0.1) is 12.4 Å². The van der Waals surface area contributed by atoms with Crippen LogP contribution in [0.15, 0.2) is 48.5 Å². The van der Waals surface area contributed by atoms with Crippen LogP contribution in [-0.4, -0.2) is 37.7 Å². The van der Waals surface area contributed by atoms with Crippen molar-refractivity contribution in [3.63, 3.8) is 0 Å². The first kappa shape index (κ1) is 17.1. The quantitative estimate of drug-likeness (QED) is 0.895. The normalized spacial score (nSPS) is 25.0. The van der Waals surface area contributed by atoms with Crippen molar-refractivity contribution in [2.45, 2.75) is 18.9 Å². The molecule has 1 unspecified atom stereocenters. The van der Waals surface area contributed by atoms with Crippen LogP contribution in [-0.2, 0) is 0 Å². The average Bonchev–Trinajstić information content (AvgIpc) is 2.63. The number of hydrogen-bond acceptors (Lipinski definition) is 3. The van der Waals surface area contributed by atoms with Crippen molar-refractivity contribution in [3.05, 3.63) is 48.5 Å². The molecule has 0 saturated carbocycles. The van der Waals surface area contributed by atoms with E-state index < -0.39 is 0 Å². The van der Waals surface area contributed by atoms with Crippen molar-refractivity contribution < 1.29 is 4.74 Å². The van der Waals surface area contributed by atoms with E-state index in [1.54, 1.807) is 0 Å². The molecule has 0 aromatic heterocycles. The topological polar surface area (TPSA) is 24.5 Å². The number of ether oxygens (including phenoxy) is 1. The third kappa shape index (κ3) is 3.52. The predicted molar refractivity (Wildman–Crippen MR) is 102 cm³/mol. The smallest absolute Gasteiger partial charge is 0.119 e. The molecule has 128 valence electrons. The monoisotopic (exact) mass is 344 g/mol. The van der Waals surface area contributed by atoms with E-state index in [0.29, 0.717) is 6.10 Å². The van der Waals surface area contributed by atoms with Crippen LogP contribution in [0.25, 0.3) is 11.1 Å². The number of halogens is 1. The number of nitrogens with zero attached hydrogens (tertiary/aromatic N) is 1. The first-order valence-electron chi connectivity index (χ1n) is 8.59. The van der Waals surface area contributed by atoms with E-state index in [9.17, 15) is 0 Å². The van der Waals surface area contributed by atoms with E-state index >= 15 is 0 Å². The Kier molecular flexibility index (Phi) is 5.32. The summed E-state index contributed by atoms with van der Waals surface area (Å²) in [5, 5.41) is 3.15. The lowest BCUT2D eigenvalue weighted by molar-refractivity contribution is -0.00775. The lowest BCUT2D eigenvalue weighted by Crippen LogP contribution is -2.52. The molecular formula is C20H25ClN2O. The van der Waals surface area contributed by atoms with Gasteiger partial charge in [0, 0.05) is 19.3 Å². The number of benzene rings is 2. The van der Waals surface area contributed by atoms with E-state index in [1.807, 2.05) is 7.05 Å². The van der Waals surface area contributed by atoms with Gasteiger partial charge >= 0.3 is 0 Å². The van der Waals surface area contributed by atoms with Gasteiger partial charge in [-0.3, -0.25) is 4.90 Å². The molecule has 2 bridgehead atoms. The molecule has 3 aliphatic rings. The molecule has 2 aromatic carbocycles. The zero-order chi connectivity index (χ0) is 15.6. The molecule has 3 aliphatic heterocycles. The second-order valence-corrected chi connectivity index (χ2v) is 6.65. The summed E-state index contributed by atoms with van der Waals surface area (Å²) in [5.41, 5.74) is 3.60. The Morgan fingerprint density at radius 2 is 1.50 bits per heavy atom. The fourth-order valence-corrected chi connectivity index (χ4v) is 3.77. The Labute approximate surface area is 150 Å². The molecule has 0 spiro atoms. The summed E-state index contributed by atoms with van der Waals surface area (Å²) < 4.78 is 6.26. The summed E-state index contributed by atoms with van der Waals surface area (Å²) in [6.07, 6.45) is 2.96. The van der Waals surface area contributed by atoms with E-state index in [1.165, 1.54) is 37.1 Å². The maximum absolute atomic E-state index is 6.26. The van der Waals surface area contributed by atoms with Gasteiger partial charge in [0.15, 0.2) is 0 Å². The van der Waals surface area contributed by atoms with Crippen LogP contribution in [0.2, 0.25) is 0 Å². The van der Waals surface area contributed by atoms with Crippen LogP contribution >= 0.6 is 12.4 Å². The van der Waals surface area contributed by atoms with Crippen LogP contribution in [0, 0.1) is 5.92 Å². The molecule has 2 aromatic rings. The van der Waals surface area contributed by atoms with Crippen molar-refractivity contribution in [1.82, 2.24) is 4.90 Å². The summed E-state index contributed by atoms with van der Waals surface area (Å²) in [5.74, 6) is 1.74. The summed E-state index contributed by atoms with van der Waals surface area (Å²) in [6.45, 7) is 3.61. The minimum atomic E-state index is 0. The molecule has 0 radical (unpaired) electrons. The number of nitrogens with one attached hydrogen (secondary N) is 1. The molecule has 3 saturated heterocycles. The molecule has 3 fully saturated rings. The first-order chi connectivity index (χ1) is 11.3. The van der Waals surface area contributed by atoms with E-state index in [-0.39, 0.29) is 12.4 Å². The third-order valence-electron chi connectivity index (χ3n) is 5.24. The zero-order valence-electron chi connectivity index (χ0n) is 14.1. The predicted octanol–water partition coefficient (Wildman–Crippen LogP) is 4.29.